The summed E-state index contributed by atoms with van der Waals surface area (Å²) in [6.45, 7) is 0. The first-order chi connectivity index (χ1) is 16.4. The normalized spacial score (nSPS) is 25.3. The minimum Gasteiger partial charge on any atom is -0.349 e. The van der Waals surface area contributed by atoms with Crippen LogP contribution in [-0.4, -0.2) is 149 Å². The van der Waals surface area contributed by atoms with Crippen molar-refractivity contribution in [2.24, 2.45) is 35.5 Å². The first kappa shape index (κ1) is 30.9. The highest BCUT2D eigenvalue weighted by molar-refractivity contribution is 6.02. The molecule has 0 spiro atoms. The third kappa shape index (κ3) is 5.79. The van der Waals surface area contributed by atoms with E-state index in [1.165, 1.54) is 114 Å². The number of carbonyl (C=O) groups excluding carboxylic acids is 6. The summed E-state index contributed by atoms with van der Waals surface area (Å²) in [6, 6.07) is 0. The lowest BCUT2D eigenvalue weighted by Crippen LogP contribution is -2.66. The van der Waals surface area contributed by atoms with Gasteiger partial charge in [-0.05, 0) is 0 Å². The molecule has 0 aromatic carbocycles. The molecule has 12 nitrogen and oxygen atoms in total. The van der Waals surface area contributed by atoms with E-state index in [-0.39, 0.29) is 0 Å². The lowest BCUT2D eigenvalue weighted by Gasteiger charge is -2.50. The summed E-state index contributed by atoms with van der Waals surface area (Å²) in [4.78, 5) is 89.7. The van der Waals surface area contributed by atoms with Crippen LogP contribution in [0.4, 0.5) is 0 Å². The molecule has 0 saturated heterocycles. The van der Waals surface area contributed by atoms with Crippen LogP contribution in [0.15, 0.2) is 0 Å². The van der Waals surface area contributed by atoms with Crippen molar-refractivity contribution in [1.29, 1.82) is 0 Å². The molecular weight excluding hydrogens is 468 g/mol. The Balaban J connectivity index is 4.30. The van der Waals surface area contributed by atoms with E-state index in [4.69, 9.17) is 0 Å². The Bertz CT molecular complexity index is 699. The van der Waals surface area contributed by atoms with E-state index in [0.717, 1.165) is 0 Å². The van der Waals surface area contributed by atoms with Crippen molar-refractivity contribution in [1.82, 2.24) is 29.4 Å². The first-order valence-electron chi connectivity index (χ1n) is 11.7. The number of nitrogens with zero attached hydrogens (tertiary/aromatic N) is 6. The Labute approximate surface area is 214 Å². The van der Waals surface area contributed by atoms with Crippen LogP contribution in [0.2, 0.25) is 0 Å². The molecule has 1 saturated carbocycles. The quantitative estimate of drug-likeness (QED) is 0.417. The molecule has 1 aliphatic carbocycles. The molecule has 0 aromatic rings. The van der Waals surface area contributed by atoms with Gasteiger partial charge in [-0.1, -0.05) is 0 Å². The molecule has 0 unspecified atom stereocenters. The molecule has 12 heteroatoms. The van der Waals surface area contributed by atoms with Gasteiger partial charge in [-0.2, -0.15) is 0 Å². The summed E-state index contributed by atoms with van der Waals surface area (Å²) in [5, 5.41) is 0. The van der Waals surface area contributed by atoms with Gasteiger partial charge < -0.3 is 29.4 Å². The van der Waals surface area contributed by atoms with Gasteiger partial charge in [-0.25, -0.2) is 0 Å². The zero-order valence-electron chi connectivity index (χ0n) is 23.6. The highest BCUT2D eigenvalue weighted by atomic mass is 16.2. The smallest absolute Gasteiger partial charge is 0.226 e. The molecular formula is C24H42N6O6. The van der Waals surface area contributed by atoms with E-state index in [0.29, 0.717) is 0 Å². The van der Waals surface area contributed by atoms with Gasteiger partial charge in [0, 0.05) is 84.6 Å². The predicted octanol–water partition coefficient (Wildman–Crippen LogP) is -1.77. The van der Waals surface area contributed by atoms with Crippen LogP contribution in [0, 0.1) is 35.5 Å². The zero-order chi connectivity index (χ0) is 28.4. The molecule has 0 bridgehead atoms. The first-order valence-corrected chi connectivity index (χ1v) is 11.7. The number of rotatable bonds is 6. The van der Waals surface area contributed by atoms with E-state index in [1.807, 2.05) is 0 Å². The third-order valence-corrected chi connectivity index (χ3v) is 6.68. The largest absolute Gasteiger partial charge is 0.349 e. The maximum atomic E-state index is 13.7. The molecule has 1 rings (SSSR count). The van der Waals surface area contributed by atoms with Crippen LogP contribution in [0.1, 0.15) is 0 Å². The second kappa shape index (κ2) is 11.7. The molecule has 0 N–H and O–H groups in total. The van der Waals surface area contributed by atoms with Gasteiger partial charge >= 0.3 is 0 Å². The Kier molecular flexibility index (Phi) is 10.0. The molecule has 204 valence electrons. The van der Waals surface area contributed by atoms with E-state index in [1.54, 1.807) is 0 Å². The minimum absolute atomic E-state index is 0.570. The highest BCUT2D eigenvalue weighted by Gasteiger charge is 2.64. The van der Waals surface area contributed by atoms with E-state index in [2.05, 4.69) is 0 Å². The summed E-state index contributed by atoms with van der Waals surface area (Å²) in [5.74, 6) is -11.5. The summed E-state index contributed by atoms with van der Waals surface area (Å²) >= 11 is 0. The van der Waals surface area contributed by atoms with E-state index in [9.17, 15) is 28.8 Å². The lowest BCUT2D eigenvalue weighted by atomic mass is 9.54. The van der Waals surface area contributed by atoms with Crippen molar-refractivity contribution in [3.63, 3.8) is 0 Å². The topological polar surface area (TPSA) is 122 Å². The molecule has 0 aromatic heterocycles. The summed E-state index contributed by atoms with van der Waals surface area (Å²) in [7, 11) is 17.8. The average Bonchev–Trinajstić information content (AvgIpc) is 2.78. The fourth-order valence-corrected chi connectivity index (χ4v) is 4.97. The molecule has 0 atom stereocenters. The zero-order valence-corrected chi connectivity index (χ0v) is 23.6. The van der Waals surface area contributed by atoms with Crippen LogP contribution in [0.5, 0.6) is 0 Å². The second-order valence-electron chi connectivity index (χ2n) is 10.6. The number of hydrogen-bond donors (Lipinski definition) is 0. The van der Waals surface area contributed by atoms with Gasteiger partial charge in [0.25, 0.3) is 0 Å². The fourth-order valence-electron chi connectivity index (χ4n) is 4.97. The number of carbonyl (C=O) groups is 6. The predicted molar refractivity (Wildman–Crippen MR) is 133 cm³/mol. The van der Waals surface area contributed by atoms with Crippen molar-refractivity contribution in [3.8, 4) is 0 Å². The van der Waals surface area contributed by atoms with Crippen molar-refractivity contribution in [2.75, 3.05) is 84.6 Å². The van der Waals surface area contributed by atoms with Crippen LogP contribution < -0.4 is 0 Å². The van der Waals surface area contributed by atoms with Crippen molar-refractivity contribution < 1.29 is 28.8 Å². The van der Waals surface area contributed by atoms with Crippen molar-refractivity contribution >= 4 is 35.4 Å². The summed E-state index contributed by atoms with van der Waals surface area (Å²) < 4.78 is 0. The van der Waals surface area contributed by atoms with Crippen molar-refractivity contribution in [3.05, 3.63) is 0 Å². The van der Waals surface area contributed by atoms with Gasteiger partial charge in [0.05, 0.1) is 35.5 Å². The van der Waals surface area contributed by atoms with Crippen LogP contribution in [0.25, 0.3) is 0 Å². The minimum atomic E-state index is -1.35. The van der Waals surface area contributed by atoms with Gasteiger partial charge in [0.2, 0.25) is 35.4 Å². The third-order valence-electron chi connectivity index (χ3n) is 6.68. The molecule has 0 heterocycles. The maximum Gasteiger partial charge on any atom is 0.226 e. The van der Waals surface area contributed by atoms with Gasteiger partial charge in [0.15, 0.2) is 0 Å². The monoisotopic (exact) mass is 510 g/mol. The highest BCUT2D eigenvalue weighted by Crippen LogP contribution is 2.50. The Hall–Kier alpha value is -3.18. The van der Waals surface area contributed by atoms with E-state index < -0.39 is 71.0 Å². The fraction of sp³-hybridized carbons (Fsp3) is 0.750. The Morgan fingerprint density at radius 1 is 0.278 bits per heavy atom. The molecule has 0 aliphatic heterocycles. The van der Waals surface area contributed by atoms with Crippen molar-refractivity contribution in [2.45, 2.75) is 0 Å². The second-order valence-corrected chi connectivity index (χ2v) is 10.6. The molecule has 1 aliphatic rings. The maximum absolute atomic E-state index is 13.7. The lowest BCUT2D eigenvalue weighted by molar-refractivity contribution is -0.179. The van der Waals surface area contributed by atoms with E-state index >= 15 is 0 Å². The Morgan fingerprint density at radius 3 is 0.417 bits per heavy atom. The SMILES string of the molecule is CN(C)C(=O)C1C(C(=O)N(C)C)C(C(=O)N(C)C)C(C(=O)N(C)C)C(C(=O)N(C)C)C1C(=O)N(C)C. The van der Waals surface area contributed by atoms with Gasteiger partial charge in [0.1, 0.15) is 0 Å². The van der Waals surface area contributed by atoms with Crippen LogP contribution in [0.3, 0.4) is 0 Å². The standard InChI is InChI=1S/C24H42N6O6/c1-25(2)19(31)13-14(20(32)26(3)4)16(22(34)28(7)8)18(24(36)30(11)12)17(23(35)29(9)10)15(13)21(33)27(5)6/h13-18H,1-12H3. The van der Waals surface area contributed by atoms with Gasteiger partial charge in [-0.15, -0.1) is 0 Å². The number of hydrogen-bond acceptors (Lipinski definition) is 6. The van der Waals surface area contributed by atoms with Crippen LogP contribution in [-0.2, 0) is 28.8 Å². The number of amides is 6. The molecule has 6 amide bonds. The molecule has 1 fully saturated rings. The molecule has 0 radical (unpaired) electrons. The summed E-state index contributed by atoms with van der Waals surface area (Å²) in [5.41, 5.74) is 0. The average molecular weight is 511 g/mol. The van der Waals surface area contributed by atoms with Gasteiger partial charge in [-0.3, -0.25) is 28.8 Å². The van der Waals surface area contributed by atoms with Crippen LogP contribution >= 0.6 is 0 Å². The Morgan fingerprint density at radius 2 is 0.361 bits per heavy atom. The molecule has 36 heavy (non-hydrogen) atoms. The summed E-state index contributed by atoms with van der Waals surface area (Å²) in [6.07, 6.45) is 0.